The highest BCUT2D eigenvalue weighted by molar-refractivity contribution is 6.44. The zero-order chi connectivity index (χ0) is 88.3. The third kappa shape index (κ3) is 29.0. The van der Waals surface area contributed by atoms with Gasteiger partial charge in [0, 0.05) is 55.5 Å². The molecule has 0 aromatic rings. The molecule has 0 aromatic heterocycles. The van der Waals surface area contributed by atoms with Crippen LogP contribution in [0.2, 0.25) is 0 Å². The number of quaternary nitrogens is 1. The number of ether oxygens (including phenoxy) is 12. The highest BCUT2D eigenvalue weighted by Crippen LogP contribution is 2.72. The van der Waals surface area contributed by atoms with Crippen molar-refractivity contribution < 1.29 is 118 Å². The van der Waals surface area contributed by atoms with Crippen LogP contribution in [0.1, 0.15) is 164 Å². The van der Waals surface area contributed by atoms with Crippen LogP contribution in [-0.2, 0) is 95.2 Å². The average Bonchev–Trinajstić information content (AvgIpc) is 1.47. The van der Waals surface area contributed by atoms with E-state index >= 15 is 13.6 Å². The van der Waals surface area contributed by atoms with Gasteiger partial charge in [-0.1, -0.05) is 53.0 Å². The molecule has 8 aliphatic rings. The summed E-state index contributed by atoms with van der Waals surface area (Å²) in [5, 5.41) is 35.6. The molecule has 0 spiro atoms. The second-order valence-electron chi connectivity index (χ2n) is 34.8. The number of rotatable bonds is 55. The predicted molar refractivity (Wildman–Crippen MR) is 447 cm³/mol. The molecule has 5 saturated carbocycles. The van der Waals surface area contributed by atoms with Crippen LogP contribution >= 0.6 is 0 Å². The number of hydrazone groups is 1. The van der Waals surface area contributed by atoms with E-state index in [-0.39, 0.29) is 89.8 Å². The van der Waals surface area contributed by atoms with Gasteiger partial charge in [0.05, 0.1) is 178 Å². The number of hydrogen-bond donors (Lipinski definition) is 9. The van der Waals surface area contributed by atoms with Crippen molar-refractivity contribution >= 4 is 64.5 Å². The highest BCUT2D eigenvalue weighted by Gasteiger charge is 2.80. The molecule has 0 radical (unpaired) electrons. The topological polar surface area (TPSA) is 420 Å². The van der Waals surface area contributed by atoms with Gasteiger partial charge in [-0.25, -0.2) is 13.6 Å². The van der Waals surface area contributed by atoms with Crippen molar-refractivity contribution in [2.45, 2.75) is 224 Å². The largest absolute Gasteiger partial charge is 0.449 e. The molecular weight excluding hydrogens is 1590 g/mol. The van der Waals surface area contributed by atoms with Gasteiger partial charge in [-0.3, -0.25) is 43.3 Å². The molecule has 1 heterocycles. The number of carbonyl (C=O) groups is 9. The Labute approximate surface area is 718 Å². The normalized spacial score (nSPS) is 28.5. The summed E-state index contributed by atoms with van der Waals surface area (Å²) in [6.07, 6.45) is 6.43. The number of aliphatic hydroxyl groups excluding tert-OH is 1. The lowest BCUT2D eigenvalue weighted by atomic mass is 9.44. The molecule has 8 rings (SSSR count). The third-order valence-electron chi connectivity index (χ3n) is 24.8. The third-order valence-corrected chi connectivity index (χ3v) is 24.8. The van der Waals surface area contributed by atoms with E-state index in [1.165, 1.54) is 26.0 Å². The number of halogens is 2. The van der Waals surface area contributed by atoms with Gasteiger partial charge in [0.2, 0.25) is 35.4 Å². The fourth-order valence-corrected chi connectivity index (χ4v) is 18.1. The van der Waals surface area contributed by atoms with Gasteiger partial charge >= 0.3 is 6.09 Å². The van der Waals surface area contributed by atoms with Crippen molar-refractivity contribution in [2.75, 3.05) is 179 Å². The first-order chi connectivity index (χ1) is 58.5. The lowest BCUT2D eigenvalue weighted by Gasteiger charge is -2.63. The molecule has 0 bridgehead atoms. The first-order valence-corrected chi connectivity index (χ1v) is 44.3. The minimum atomic E-state index is -2.43. The van der Waals surface area contributed by atoms with E-state index in [0.717, 1.165) is 62.0 Å². The Bertz CT molecular complexity index is 3580. The summed E-state index contributed by atoms with van der Waals surface area (Å²) in [7, 11) is 6.21. The number of alkyl halides is 2. The second-order valence-corrected chi connectivity index (χ2v) is 34.8. The molecule has 33 nitrogen and oxygen atoms in total. The standard InChI is InChI=1S/C87H139F2N11O22/c1-10-20-77-121-73-53-64-65-52-67(88)66-51-60(101)26-29-84(66,5)86(65,89)71(102)54-85(64,6)87(73,122-77)72(103)55-95-80(107)59(4)96-82(109)78(58(2)3)98-81(108)69(97-75(105)28-36-112-40-44-116-48-50-118-46-42-114-38-33-94-83(110)120-56-63-61-21-14-11-12-15-22-62(61)63)24-18-19-30-92-76(106)57-119-70-25-17-13-16-23-68(79(70)99-90)91-32-37-113-41-45-117-49-47-115-43-39-111-35-27-74(104)93-31-34-100(7,8)9/h26,29,51,58-59,61-65,67,69-71,73,77-78,102H,10,13-25,27-28,30-50,52-57H2,1-9H3,(H8-,90,91,92,93,94,95,96,97,98,104,105,106,107,108,109,110)/p+1/t59-,61-,62+,63?,64-,65-,67-,69+,70?,71-,73+,77?,78-,84-,85-,86-,87+/m0/s1. The van der Waals surface area contributed by atoms with Crippen LogP contribution in [0.5, 0.6) is 0 Å². The lowest BCUT2D eigenvalue weighted by molar-refractivity contribution is -0.869. The van der Waals surface area contributed by atoms with Gasteiger partial charge in [-0.05, 0) is 138 Å². The first kappa shape index (κ1) is 100. The van der Waals surface area contributed by atoms with Crippen LogP contribution in [0.25, 0.3) is 0 Å². The fraction of sp³-hybridized carbons (Fsp3) is 0.805. The highest BCUT2D eigenvalue weighted by atomic mass is 19.1. The predicted octanol–water partition coefficient (Wildman–Crippen LogP) is 4.30. The number of aliphatic hydroxyl groups is 1. The number of allylic oxidation sites excluding steroid dienone is 4. The Hall–Kier alpha value is -7.05. The minimum Gasteiger partial charge on any atom is -0.449 e. The van der Waals surface area contributed by atoms with Crippen molar-refractivity contribution in [3.8, 4) is 11.8 Å². The molecule has 1 aliphatic heterocycles. The van der Waals surface area contributed by atoms with E-state index in [2.05, 4.69) is 75.3 Å². The van der Waals surface area contributed by atoms with E-state index in [9.17, 15) is 43.5 Å². The monoisotopic (exact) mass is 1730 g/mol. The van der Waals surface area contributed by atoms with Crippen molar-refractivity contribution in [1.82, 2.24) is 37.2 Å². The molecule has 7 amide bonds. The number of alkyl carbamates (subject to hydrolysis) is 1. The quantitative estimate of drug-likeness (QED) is 0.0135. The number of unbranched alkanes of at least 4 members (excludes halogenated alkanes) is 1. The summed E-state index contributed by atoms with van der Waals surface area (Å²) in [5.74, 6) is 7.23. The number of carbonyl (C=O) groups excluding carboxylic acids is 9. The summed E-state index contributed by atoms with van der Waals surface area (Å²) >= 11 is 0. The van der Waals surface area contributed by atoms with Gasteiger partial charge in [0.15, 0.2) is 29.1 Å². The van der Waals surface area contributed by atoms with E-state index in [1.807, 2.05) is 6.92 Å². The van der Waals surface area contributed by atoms with Crippen LogP contribution in [0.4, 0.5) is 13.6 Å². The van der Waals surface area contributed by atoms with Crippen LogP contribution in [0, 0.1) is 58.2 Å². The number of amides is 7. The average molecular weight is 1730 g/mol. The van der Waals surface area contributed by atoms with Crippen LogP contribution in [0.15, 0.2) is 33.9 Å². The van der Waals surface area contributed by atoms with Gasteiger partial charge < -0.3 is 109 Å². The molecule has 6 fully saturated rings. The summed E-state index contributed by atoms with van der Waals surface area (Å²) in [4.78, 5) is 126. The number of hydrogen-bond acceptors (Lipinski definition) is 25. The number of aliphatic imine (C=N–C) groups is 1. The number of Topliss-reactive ketones (excluding diaryl/α,β-unsaturated/α-hetero) is 1. The van der Waals surface area contributed by atoms with Gasteiger partial charge in [-0.15, -0.1) is 11.8 Å². The van der Waals surface area contributed by atoms with Gasteiger partial charge in [0.1, 0.15) is 42.7 Å². The zero-order valence-corrected chi connectivity index (χ0v) is 73.4. The van der Waals surface area contributed by atoms with Crippen molar-refractivity contribution in [1.29, 1.82) is 0 Å². The molecule has 1 saturated heterocycles. The molecule has 17 atom stereocenters. The number of likely N-dealkylation sites (N-methyl/N-ethyl adjacent to an activating group) is 1. The number of nitrogens with one attached hydrogen (secondary N) is 7. The first-order valence-electron chi connectivity index (χ1n) is 44.3. The fourth-order valence-electron chi connectivity index (χ4n) is 18.1. The Morgan fingerprint density at radius 1 is 0.697 bits per heavy atom. The molecule has 688 valence electrons. The number of fused-ring (bicyclic) bond motifs is 8. The van der Waals surface area contributed by atoms with Crippen LogP contribution in [-0.4, -0.2) is 314 Å². The van der Waals surface area contributed by atoms with Gasteiger partial charge in [-0.2, -0.15) is 5.10 Å². The van der Waals surface area contributed by atoms with Crippen LogP contribution < -0.4 is 43.1 Å². The zero-order valence-electron chi connectivity index (χ0n) is 73.4. The van der Waals surface area contributed by atoms with Gasteiger partial charge in [0.25, 0.3) is 0 Å². The van der Waals surface area contributed by atoms with E-state index in [1.54, 1.807) is 20.8 Å². The molecule has 7 aliphatic carbocycles. The summed E-state index contributed by atoms with van der Waals surface area (Å²) < 4.78 is 105. The summed E-state index contributed by atoms with van der Waals surface area (Å²) in [6.45, 7) is 16.4. The molecule has 10 N–H and O–H groups in total. The lowest BCUT2D eigenvalue weighted by Crippen LogP contribution is -2.71. The van der Waals surface area contributed by atoms with Crippen molar-refractivity contribution in [3.63, 3.8) is 0 Å². The second kappa shape index (κ2) is 50.3. The summed E-state index contributed by atoms with van der Waals surface area (Å²) in [5.41, 5.74) is -6.11. The number of nitrogens with two attached hydrogens (primary N) is 1. The maximum atomic E-state index is 18.2. The molecule has 35 heteroatoms. The van der Waals surface area contributed by atoms with E-state index in [0.29, 0.717) is 173 Å². The molecule has 3 unspecified atom stereocenters. The minimum absolute atomic E-state index is 0.0230. The maximum absolute atomic E-state index is 18.2. The SMILES string of the molecule is CCCC1O[C@@H]2C[C@H]3[C@@H]4C[C@H](F)C5=CC(=O)C=C[C@]5(C)[C@@]4(F)[C@@H](O)C[C@]3(C)[C@]2(C(=O)CNC(=O)[C@H](C)NC(=O)[C@@H](NC(=O)[C@@H](CCCCNC(=O)COC2CCCCCC(=NCCOCCOCCOCCOCCC(=O)NCC[N+](C)(C)C)/C2=N\N)NC(=O)CCOCCOCCOCCOCCNC(=O)OCC2[C@H]3CCC#CCC[C@@H]23)C(C)C)O1. The van der Waals surface area contributed by atoms with Crippen LogP contribution in [0.3, 0.4) is 0 Å². The Kier molecular flexibility index (Phi) is 41.4. The Morgan fingerprint density at radius 2 is 1.31 bits per heavy atom. The Morgan fingerprint density at radius 3 is 1.93 bits per heavy atom. The molecule has 0 aromatic carbocycles. The van der Waals surface area contributed by atoms with Crippen molar-refractivity contribution in [2.24, 2.45) is 62.3 Å². The smallest absolute Gasteiger partial charge is 0.407 e. The molecular formula is C87H140F2N11O22+. The summed E-state index contributed by atoms with van der Waals surface area (Å²) in [6, 6.07) is -3.71. The van der Waals surface area contributed by atoms with Crippen molar-refractivity contribution in [3.05, 3.63) is 23.8 Å². The Balaban J connectivity index is 0.766. The van der Waals surface area contributed by atoms with E-state index < -0.39 is 142 Å². The number of ketones is 2. The van der Waals surface area contributed by atoms with E-state index in [4.69, 9.17) is 67.7 Å². The molecule has 122 heavy (non-hydrogen) atoms. The number of nitrogens with zero attached hydrogens (tertiary/aromatic N) is 3. The maximum Gasteiger partial charge on any atom is 0.407 e.